The Morgan fingerprint density at radius 1 is 0.880 bits per heavy atom. The van der Waals surface area contributed by atoms with Crippen LogP contribution in [0, 0.1) is 0 Å². The highest BCUT2D eigenvalue weighted by Crippen LogP contribution is 2.18. The zero-order valence-corrected chi connectivity index (χ0v) is 15.5. The van der Waals surface area contributed by atoms with Crippen LogP contribution < -0.4 is 10.2 Å². The average molecular weight is 339 g/mol. The Kier molecular flexibility index (Phi) is 7.48. The van der Waals surface area contributed by atoms with Crippen molar-refractivity contribution in [2.45, 2.75) is 27.3 Å². The minimum Gasteiger partial charge on any atom is -0.376 e. The van der Waals surface area contributed by atoms with Gasteiger partial charge < -0.3 is 10.2 Å². The third-order valence-electron chi connectivity index (χ3n) is 4.42. The van der Waals surface area contributed by atoms with Gasteiger partial charge in [0.2, 0.25) is 5.91 Å². The molecule has 25 heavy (non-hydrogen) atoms. The molecule has 0 saturated heterocycles. The summed E-state index contributed by atoms with van der Waals surface area (Å²) < 4.78 is 0. The standard InChI is InChI=1S/C21H29N3O/c1-4-23(5-2)17-18-12-10-11-15-20(18)22-16-21(25)24(6-3)19-13-8-7-9-14-19/h7-15,22H,4-6,16-17H2,1-3H3. The SMILES string of the molecule is CCN(CC)Cc1ccccc1NCC(=O)N(CC)c1ccccc1. The summed E-state index contributed by atoms with van der Waals surface area (Å²) >= 11 is 0. The number of nitrogens with one attached hydrogen (secondary N) is 1. The molecule has 2 aromatic carbocycles. The van der Waals surface area contributed by atoms with Crippen molar-refractivity contribution in [3.05, 3.63) is 60.2 Å². The largest absolute Gasteiger partial charge is 0.376 e. The molecular weight excluding hydrogens is 310 g/mol. The number of benzene rings is 2. The molecule has 0 bridgehead atoms. The summed E-state index contributed by atoms with van der Waals surface area (Å²) in [6, 6.07) is 18.0. The quantitative estimate of drug-likeness (QED) is 0.750. The van der Waals surface area contributed by atoms with Crippen molar-refractivity contribution in [2.24, 2.45) is 0 Å². The summed E-state index contributed by atoms with van der Waals surface area (Å²) in [5.74, 6) is 0.0753. The molecule has 0 aliphatic carbocycles. The minimum atomic E-state index is 0.0753. The number of hydrogen-bond acceptors (Lipinski definition) is 3. The number of para-hydroxylation sites is 2. The van der Waals surface area contributed by atoms with Gasteiger partial charge in [0.25, 0.3) is 0 Å². The number of carbonyl (C=O) groups is 1. The molecule has 2 aromatic rings. The second-order valence-corrected chi connectivity index (χ2v) is 5.95. The van der Waals surface area contributed by atoms with Crippen LogP contribution >= 0.6 is 0 Å². The zero-order valence-electron chi connectivity index (χ0n) is 15.5. The number of likely N-dealkylation sites (N-methyl/N-ethyl adjacent to an activating group) is 1. The fraction of sp³-hybridized carbons (Fsp3) is 0.381. The molecule has 0 aromatic heterocycles. The van der Waals surface area contributed by atoms with Gasteiger partial charge in [0.1, 0.15) is 0 Å². The average Bonchev–Trinajstić information content (AvgIpc) is 2.66. The van der Waals surface area contributed by atoms with Crippen LogP contribution in [0.1, 0.15) is 26.3 Å². The van der Waals surface area contributed by atoms with E-state index < -0.39 is 0 Å². The van der Waals surface area contributed by atoms with E-state index in [4.69, 9.17) is 0 Å². The topological polar surface area (TPSA) is 35.6 Å². The molecule has 0 unspecified atom stereocenters. The van der Waals surface area contributed by atoms with Crippen molar-refractivity contribution in [1.29, 1.82) is 0 Å². The van der Waals surface area contributed by atoms with E-state index in [1.807, 2.05) is 55.5 Å². The molecule has 4 nitrogen and oxygen atoms in total. The Labute approximate surface area is 151 Å². The van der Waals surface area contributed by atoms with Gasteiger partial charge in [-0.05, 0) is 43.8 Å². The molecule has 0 heterocycles. The predicted molar refractivity (Wildman–Crippen MR) is 106 cm³/mol. The van der Waals surface area contributed by atoms with Crippen LogP contribution in [-0.2, 0) is 11.3 Å². The number of rotatable bonds is 9. The third kappa shape index (κ3) is 5.33. The maximum Gasteiger partial charge on any atom is 0.246 e. The van der Waals surface area contributed by atoms with Gasteiger partial charge in [-0.1, -0.05) is 50.2 Å². The van der Waals surface area contributed by atoms with Crippen LogP contribution in [0.5, 0.6) is 0 Å². The molecule has 2 rings (SSSR count). The van der Waals surface area contributed by atoms with Crippen LogP contribution in [0.15, 0.2) is 54.6 Å². The molecule has 134 valence electrons. The third-order valence-corrected chi connectivity index (χ3v) is 4.42. The van der Waals surface area contributed by atoms with E-state index >= 15 is 0 Å². The lowest BCUT2D eigenvalue weighted by atomic mass is 10.1. The molecule has 0 radical (unpaired) electrons. The Morgan fingerprint density at radius 3 is 2.16 bits per heavy atom. The van der Waals surface area contributed by atoms with E-state index in [9.17, 15) is 4.79 Å². The van der Waals surface area contributed by atoms with Crippen molar-refractivity contribution in [3.63, 3.8) is 0 Å². The second-order valence-electron chi connectivity index (χ2n) is 5.95. The van der Waals surface area contributed by atoms with E-state index in [1.54, 1.807) is 4.90 Å². The smallest absolute Gasteiger partial charge is 0.246 e. The molecule has 0 atom stereocenters. The number of carbonyl (C=O) groups excluding carboxylic acids is 1. The molecule has 4 heteroatoms. The van der Waals surface area contributed by atoms with E-state index in [0.29, 0.717) is 6.54 Å². The van der Waals surface area contributed by atoms with Crippen molar-refractivity contribution < 1.29 is 4.79 Å². The molecule has 1 amide bonds. The molecule has 0 aliphatic heterocycles. The maximum absolute atomic E-state index is 12.6. The molecule has 0 aliphatic rings. The Hall–Kier alpha value is -2.33. The summed E-state index contributed by atoms with van der Waals surface area (Å²) in [7, 11) is 0. The van der Waals surface area contributed by atoms with Gasteiger partial charge in [-0.25, -0.2) is 0 Å². The van der Waals surface area contributed by atoms with Crippen LogP contribution in [-0.4, -0.2) is 37.0 Å². The summed E-state index contributed by atoms with van der Waals surface area (Å²) in [6.45, 7) is 10.2. The zero-order chi connectivity index (χ0) is 18.1. The monoisotopic (exact) mass is 339 g/mol. The minimum absolute atomic E-state index is 0.0753. The van der Waals surface area contributed by atoms with Crippen molar-refractivity contribution in [2.75, 3.05) is 36.4 Å². The lowest BCUT2D eigenvalue weighted by molar-refractivity contribution is -0.116. The Bertz CT molecular complexity index is 653. The normalized spacial score (nSPS) is 10.7. The summed E-state index contributed by atoms with van der Waals surface area (Å²) in [5.41, 5.74) is 3.20. The van der Waals surface area contributed by atoms with E-state index in [-0.39, 0.29) is 12.5 Å². The van der Waals surface area contributed by atoms with Gasteiger partial charge in [0.05, 0.1) is 6.54 Å². The van der Waals surface area contributed by atoms with E-state index in [0.717, 1.165) is 31.0 Å². The van der Waals surface area contributed by atoms with Crippen LogP contribution in [0.3, 0.4) is 0 Å². The van der Waals surface area contributed by atoms with Gasteiger partial charge in [0, 0.05) is 24.5 Å². The molecule has 0 fully saturated rings. The highest BCUT2D eigenvalue weighted by molar-refractivity contribution is 5.96. The van der Waals surface area contributed by atoms with E-state index in [1.165, 1.54) is 5.56 Å². The molecule has 0 saturated carbocycles. The van der Waals surface area contributed by atoms with Gasteiger partial charge in [-0.3, -0.25) is 9.69 Å². The number of nitrogens with zero attached hydrogens (tertiary/aromatic N) is 2. The highest BCUT2D eigenvalue weighted by atomic mass is 16.2. The molecular formula is C21H29N3O. The Morgan fingerprint density at radius 2 is 1.52 bits per heavy atom. The fourth-order valence-electron chi connectivity index (χ4n) is 2.90. The molecule has 0 spiro atoms. The van der Waals surface area contributed by atoms with Crippen LogP contribution in [0.2, 0.25) is 0 Å². The van der Waals surface area contributed by atoms with Crippen molar-refractivity contribution >= 4 is 17.3 Å². The first-order chi connectivity index (χ1) is 12.2. The maximum atomic E-state index is 12.6. The lowest BCUT2D eigenvalue weighted by Crippen LogP contribution is -2.35. The van der Waals surface area contributed by atoms with Gasteiger partial charge in [0.15, 0.2) is 0 Å². The summed E-state index contributed by atoms with van der Waals surface area (Å²) in [5, 5.41) is 3.33. The first-order valence-electron chi connectivity index (χ1n) is 9.09. The van der Waals surface area contributed by atoms with Crippen molar-refractivity contribution in [3.8, 4) is 0 Å². The lowest BCUT2D eigenvalue weighted by Gasteiger charge is -2.23. The fourth-order valence-corrected chi connectivity index (χ4v) is 2.90. The summed E-state index contributed by atoms with van der Waals surface area (Å²) in [4.78, 5) is 16.8. The van der Waals surface area contributed by atoms with Crippen LogP contribution in [0.4, 0.5) is 11.4 Å². The number of amides is 1. The summed E-state index contributed by atoms with van der Waals surface area (Å²) in [6.07, 6.45) is 0. The van der Waals surface area contributed by atoms with Crippen molar-refractivity contribution in [1.82, 2.24) is 4.90 Å². The predicted octanol–water partition coefficient (Wildman–Crippen LogP) is 3.99. The van der Waals surface area contributed by atoms with Gasteiger partial charge in [-0.15, -0.1) is 0 Å². The van der Waals surface area contributed by atoms with Crippen LogP contribution in [0.25, 0.3) is 0 Å². The Balaban J connectivity index is 2.04. The van der Waals surface area contributed by atoms with Gasteiger partial charge >= 0.3 is 0 Å². The van der Waals surface area contributed by atoms with Gasteiger partial charge in [-0.2, -0.15) is 0 Å². The molecule has 1 N–H and O–H groups in total. The van der Waals surface area contributed by atoms with E-state index in [2.05, 4.69) is 30.1 Å². The first kappa shape index (κ1) is 19.0. The highest BCUT2D eigenvalue weighted by Gasteiger charge is 2.14. The first-order valence-corrected chi connectivity index (χ1v) is 9.09. The number of hydrogen-bond donors (Lipinski definition) is 1. The second kappa shape index (κ2) is 9.84. The number of anilines is 2.